The number of rotatable bonds is 6. The van der Waals surface area contributed by atoms with Gasteiger partial charge in [-0.3, -0.25) is 9.59 Å². The molecule has 0 bridgehead atoms. The molecule has 0 aromatic carbocycles. The Labute approximate surface area is 150 Å². The number of nitrogens with zero attached hydrogens (tertiary/aromatic N) is 2. The van der Waals surface area contributed by atoms with Crippen LogP contribution in [0.2, 0.25) is 0 Å². The van der Waals surface area contributed by atoms with Crippen LogP contribution in [-0.2, 0) is 19.1 Å². The van der Waals surface area contributed by atoms with Crippen LogP contribution in [0.1, 0.15) is 38.5 Å². The number of likely N-dealkylation sites (tertiary alicyclic amines) is 2. The number of hydrogen-bond acceptors (Lipinski definition) is 4. The average Bonchev–Trinajstić information content (AvgIpc) is 3.13. The zero-order chi connectivity index (χ0) is 17.7. The number of piperidine rings is 2. The molecule has 3 rings (SSSR count). The number of hydrogen-bond donors (Lipinski definition) is 0. The first kappa shape index (κ1) is 18.4. The van der Waals surface area contributed by atoms with Gasteiger partial charge in [0.2, 0.25) is 11.8 Å². The van der Waals surface area contributed by atoms with Crippen LogP contribution in [0.15, 0.2) is 12.7 Å². The van der Waals surface area contributed by atoms with Gasteiger partial charge in [-0.2, -0.15) is 0 Å². The van der Waals surface area contributed by atoms with Gasteiger partial charge in [0.05, 0.1) is 12.7 Å². The van der Waals surface area contributed by atoms with Crippen molar-refractivity contribution in [2.45, 2.75) is 44.6 Å². The molecule has 140 valence electrons. The number of ether oxygens (including phenoxy) is 2. The molecule has 0 aromatic rings. The van der Waals surface area contributed by atoms with Gasteiger partial charge in [-0.05, 0) is 37.5 Å². The molecule has 3 saturated heterocycles. The van der Waals surface area contributed by atoms with Crippen LogP contribution in [0.5, 0.6) is 0 Å². The maximum atomic E-state index is 12.3. The summed E-state index contributed by atoms with van der Waals surface area (Å²) in [5.74, 6) is 0.300. The van der Waals surface area contributed by atoms with E-state index in [0.29, 0.717) is 19.6 Å². The quantitative estimate of drug-likeness (QED) is 0.683. The largest absolute Gasteiger partial charge is 0.376 e. The summed E-state index contributed by atoms with van der Waals surface area (Å²) >= 11 is 0. The van der Waals surface area contributed by atoms with E-state index < -0.39 is 0 Å². The molecule has 6 heteroatoms. The minimum atomic E-state index is 0.0719. The summed E-state index contributed by atoms with van der Waals surface area (Å²) in [6, 6.07) is 0. The zero-order valence-electron chi connectivity index (χ0n) is 15.1. The van der Waals surface area contributed by atoms with E-state index in [1.54, 1.807) is 6.08 Å². The van der Waals surface area contributed by atoms with Gasteiger partial charge in [0.15, 0.2) is 0 Å². The van der Waals surface area contributed by atoms with Gasteiger partial charge in [-0.1, -0.05) is 6.08 Å². The molecule has 0 radical (unpaired) electrons. The molecule has 0 aliphatic carbocycles. The standard InChI is InChI=1S/C19H30N2O4/c1-2-9-21-15-19(6-5-17(21)22)7-10-20(11-8-19)18(23)14-24-13-16-4-3-12-25-16/h2,16H,1,3-15H2/t16-/m1/s1. The van der Waals surface area contributed by atoms with Gasteiger partial charge in [0.25, 0.3) is 0 Å². The lowest BCUT2D eigenvalue weighted by Crippen LogP contribution is -2.52. The van der Waals surface area contributed by atoms with E-state index in [-0.39, 0.29) is 29.9 Å². The fraction of sp³-hybridized carbons (Fsp3) is 0.789. The van der Waals surface area contributed by atoms with Crippen molar-refractivity contribution < 1.29 is 19.1 Å². The second-order valence-electron chi connectivity index (χ2n) is 7.59. The van der Waals surface area contributed by atoms with E-state index in [2.05, 4.69) is 6.58 Å². The van der Waals surface area contributed by atoms with E-state index in [9.17, 15) is 9.59 Å². The van der Waals surface area contributed by atoms with Crippen molar-refractivity contribution in [1.29, 1.82) is 0 Å². The Morgan fingerprint density at radius 1 is 1.36 bits per heavy atom. The zero-order valence-corrected chi connectivity index (χ0v) is 15.1. The maximum absolute atomic E-state index is 12.3. The summed E-state index contributed by atoms with van der Waals surface area (Å²) in [6.07, 6.45) is 7.55. The molecule has 0 unspecified atom stereocenters. The lowest BCUT2D eigenvalue weighted by molar-refractivity contribution is -0.144. The molecule has 1 atom stereocenters. The fourth-order valence-electron chi connectivity index (χ4n) is 4.21. The van der Waals surface area contributed by atoms with Gasteiger partial charge in [-0.25, -0.2) is 0 Å². The molecule has 3 aliphatic rings. The molecule has 1 spiro atoms. The Hall–Kier alpha value is -1.40. The van der Waals surface area contributed by atoms with Crippen molar-refractivity contribution in [2.75, 3.05) is 46.0 Å². The summed E-state index contributed by atoms with van der Waals surface area (Å²) in [5.41, 5.74) is 0.173. The Morgan fingerprint density at radius 2 is 2.16 bits per heavy atom. The van der Waals surface area contributed by atoms with Crippen molar-refractivity contribution in [3.63, 3.8) is 0 Å². The average molecular weight is 350 g/mol. The molecule has 3 fully saturated rings. The van der Waals surface area contributed by atoms with Crippen LogP contribution in [0.4, 0.5) is 0 Å². The van der Waals surface area contributed by atoms with Gasteiger partial charge in [0.1, 0.15) is 6.61 Å². The molecular formula is C19H30N2O4. The summed E-state index contributed by atoms with van der Waals surface area (Å²) in [5, 5.41) is 0. The topological polar surface area (TPSA) is 59.1 Å². The summed E-state index contributed by atoms with van der Waals surface area (Å²) in [6.45, 7) is 8.17. The third kappa shape index (κ3) is 4.61. The van der Waals surface area contributed by atoms with Gasteiger partial charge in [0, 0.05) is 39.2 Å². The van der Waals surface area contributed by atoms with Crippen molar-refractivity contribution in [1.82, 2.24) is 9.80 Å². The minimum absolute atomic E-state index is 0.0719. The first-order valence-electron chi connectivity index (χ1n) is 9.48. The molecule has 0 saturated carbocycles. The summed E-state index contributed by atoms with van der Waals surface area (Å²) in [4.78, 5) is 28.2. The van der Waals surface area contributed by atoms with Crippen LogP contribution in [0.25, 0.3) is 0 Å². The van der Waals surface area contributed by atoms with Gasteiger partial charge >= 0.3 is 0 Å². The van der Waals surface area contributed by atoms with Crippen LogP contribution >= 0.6 is 0 Å². The smallest absolute Gasteiger partial charge is 0.248 e. The summed E-state index contributed by atoms with van der Waals surface area (Å²) < 4.78 is 11.1. The predicted octanol–water partition coefficient (Wildman–Crippen LogP) is 1.60. The summed E-state index contributed by atoms with van der Waals surface area (Å²) in [7, 11) is 0. The lowest BCUT2D eigenvalue weighted by atomic mass is 9.72. The Kier molecular flexibility index (Phi) is 6.12. The van der Waals surface area contributed by atoms with Crippen LogP contribution in [0, 0.1) is 5.41 Å². The SMILES string of the molecule is C=CCN1CC2(CCC1=O)CCN(C(=O)COC[C@H]1CCCO1)CC2. The number of carbonyl (C=O) groups excluding carboxylic acids is 2. The molecule has 0 N–H and O–H groups in total. The molecule has 6 nitrogen and oxygen atoms in total. The second-order valence-corrected chi connectivity index (χ2v) is 7.59. The maximum Gasteiger partial charge on any atom is 0.248 e. The highest BCUT2D eigenvalue weighted by Gasteiger charge is 2.41. The molecule has 25 heavy (non-hydrogen) atoms. The third-order valence-electron chi connectivity index (χ3n) is 5.83. The predicted molar refractivity (Wildman–Crippen MR) is 94.1 cm³/mol. The Bertz CT molecular complexity index is 494. The van der Waals surface area contributed by atoms with Gasteiger partial charge < -0.3 is 19.3 Å². The van der Waals surface area contributed by atoms with Crippen molar-refractivity contribution in [3.05, 3.63) is 12.7 Å². The minimum Gasteiger partial charge on any atom is -0.376 e. The first-order valence-corrected chi connectivity index (χ1v) is 9.48. The van der Waals surface area contributed by atoms with Crippen molar-refractivity contribution >= 4 is 11.8 Å². The Morgan fingerprint density at radius 3 is 2.84 bits per heavy atom. The lowest BCUT2D eigenvalue weighted by Gasteiger charge is -2.47. The van der Waals surface area contributed by atoms with E-state index in [1.165, 1.54) is 0 Å². The van der Waals surface area contributed by atoms with E-state index in [1.807, 2.05) is 9.80 Å². The normalized spacial score (nSPS) is 26.2. The van der Waals surface area contributed by atoms with Crippen LogP contribution in [-0.4, -0.2) is 73.7 Å². The van der Waals surface area contributed by atoms with Crippen LogP contribution in [0.3, 0.4) is 0 Å². The number of carbonyl (C=O) groups is 2. The highest BCUT2D eigenvalue weighted by molar-refractivity contribution is 5.78. The number of amides is 2. The molecule has 0 aromatic heterocycles. The van der Waals surface area contributed by atoms with Crippen molar-refractivity contribution in [2.24, 2.45) is 5.41 Å². The van der Waals surface area contributed by atoms with E-state index in [0.717, 1.165) is 58.3 Å². The molecular weight excluding hydrogens is 320 g/mol. The van der Waals surface area contributed by atoms with E-state index >= 15 is 0 Å². The monoisotopic (exact) mass is 350 g/mol. The second kappa shape index (κ2) is 8.32. The Balaban J connectivity index is 1.42. The molecule has 3 aliphatic heterocycles. The highest BCUT2D eigenvalue weighted by Crippen LogP contribution is 2.40. The van der Waals surface area contributed by atoms with E-state index in [4.69, 9.17) is 9.47 Å². The first-order chi connectivity index (χ1) is 12.1. The van der Waals surface area contributed by atoms with Gasteiger partial charge in [-0.15, -0.1) is 6.58 Å². The highest BCUT2D eigenvalue weighted by atomic mass is 16.5. The molecule has 2 amide bonds. The molecule has 3 heterocycles. The fourth-order valence-corrected chi connectivity index (χ4v) is 4.21. The van der Waals surface area contributed by atoms with Crippen molar-refractivity contribution in [3.8, 4) is 0 Å². The van der Waals surface area contributed by atoms with Crippen LogP contribution < -0.4 is 0 Å². The third-order valence-corrected chi connectivity index (χ3v) is 5.83.